The van der Waals surface area contributed by atoms with E-state index < -0.39 is 13.4 Å². The van der Waals surface area contributed by atoms with Gasteiger partial charge in [-0.1, -0.05) is 64.5 Å². The number of likely N-dealkylation sites (N-methyl/N-ethyl adjacent to an activating group) is 2. The summed E-state index contributed by atoms with van der Waals surface area (Å²) in [6, 6.07) is 4.10. The molecule has 0 saturated carbocycles. The summed E-state index contributed by atoms with van der Waals surface area (Å²) >= 11 is 10.3. The van der Waals surface area contributed by atoms with Crippen molar-refractivity contribution in [3.63, 3.8) is 0 Å². The van der Waals surface area contributed by atoms with Crippen LogP contribution < -0.4 is 9.55 Å². The van der Waals surface area contributed by atoms with Gasteiger partial charge in [0.1, 0.15) is 37.7 Å². The van der Waals surface area contributed by atoms with Gasteiger partial charge in [0.05, 0.1) is 7.57 Å². The van der Waals surface area contributed by atoms with Crippen molar-refractivity contribution >= 4 is 113 Å². The molecule has 4 aliphatic rings. The fourth-order valence-electron chi connectivity index (χ4n) is 7.08. The second-order valence-corrected chi connectivity index (χ2v) is 20.0. The Morgan fingerprint density at radius 3 is 1.13 bits per heavy atom. The number of carbonyl (C=O) groups is 6. The summed E-state index contributed by atoms with van der Waals surface area (Å²) in [6.07, 6.45) is 11.6. The number of quaternary nitrogens is 2. The van der Waals surface area contributed by atoms with Gasteiger partial charge in [-0.3, -0.25) is 19.2 Å². The fraction of sp³-hybridized carbons (Fsp3) is 0.611. The van der Waals surface area contributed by atoms with Gasteiger partial charge in [-0.2, -0.15) is 22.7 Å². The number of carbonyl (C=O) groups excluding carboxylic acids is 6. The molecule has 0 aromatic carbocycles. The molecule has 2 aromatic heterocycles. The lowest BCUT2D eigenvalue weighted by Crippen LogP contribution is -2.66. The zero-order valence-corrected chi connectivity index (χ0v) is 37.6. The van der Waals surface area contributed by atoms with E-state index >= 15 is 0 Å². The SMILES string of the molecule is CC(C)=O.CC(C)=O.CCCCCCc1cc([B-]23OC(=O)C[N+]2(C)CC(=O)O3)sc1Br.CCCCCCc1cc([B-]23OC(=O)C[N+]2(C)CC(=O)O3)sc1Br. The van der Waals surface area contributed by atoms with E-state index in [0.717, 1.165) is 42.8 Å². The highest BCUT2D eigenvalue weighted by atomic mass is 79.9. The summed E-state index contributed by atoms with van der Waals surface area (Å²) in [4.78, 5) is 66.3. The molecule has 0 spiro atoms. The second kappa shape index (κ2) is 19.7. The van der Waals surface area contributed by atoms with Gasteiger partial charge in [0.25, 0.3) is 0 Å². The van der Waals surface area contributed by atoms with Crippen LogP contribution in [-0.4, -0.2) is 97.9 Å². The third kappa shape index (κ3) is 10.9. The highest BCUT2D eigenvalue weighted by molar-refractivity contribution is 9.11. The lowest BCUT2D eigenvalue weighted by molar-refractivity contribution is -0.791. The zero-order chi connectivity index (χ0) is 40.5. The summed E-state index contributed by atoms with van der Waals surface area (Å²) in [5.41, 5.74) is 2.41. The lowest BCUT2D eigenvalue weighted by Gasteiger charge is -2.38. The maximum absolute atomic E-state index is 11.9. The van der Waals surface area contributed by atoms with Crippen LogP contribution in [0.5, 0.6) is 0 Å². The first-order valence-corrected chi connectivity index (χ1v) is 21.8. The highest BCUT2D eigenvalue weighted by Crippen LogP contribution is 2.38. The number of halogens is 2. The van der Waals surface area contributed by atoms with Crippen LogP contribution in [0.25, 0.3) is 0 Å². The first-order chi connectivity index (χ1) is 25.3. The normalized spacial score (nSPS) is 26.1. The summed E-state index contributed by atoms with van der Waals surface area (Å²) in [5.74, 6) is -0.855. The molecule has 54 heavy (non-hydrogen) atoms. The molecular formula is C36H54B2Br2N2O10S2. The molecule has 300 valence electrons. The van der Waals surface area contributed by atoms with Crippen molar-refractivity contribution in [2.45, 2.75) is 106 Å². The van der Waals surface area contributed by atoms with E-state index in [1.807, 2.05) is 26.2 Å². The molecule has 6 heterocycles. The van der Waals surface area contributed by atoms with Crippen molar-refractivity contribution in [3.05, 3.63) is 30.8 Å². The van der Waals surface area contributed by atoms with Gasteiger partial charge in [0, 0.05) is 23.6 Å². The first-order valence-electron chi connectivity index (χ1n) is 18.6. The minimum atomic E-state index is -2.09. The molecule has 0 aliphatic carbocycles. The van der Waals surface area contributed by atoms with E-state index in [-0.39, 0.29) is 70.4 Å². The van der Waals surface area contributed by atoms with Crippen molar-refractivity contribution in [3.8, 4) is 0 Å². The minimum absolute atomic E-state index is 0.167. The average Bonchev–Trinajstić information content (AvgIpc) is 3.82. The van der Waals surface area contributed by atoms with E-state index in [0.29, 0.717) is 0 Å². The number of Topliss-reactive ketones (excluding diaryl/α,β-unsaturated/α-hetero) is 2. The van der Waals surface area contributed by atoms with Crippen LogP contribution >= 0.6 is 54.5 Å². The molecule has 0 unspecified atom stereocenters. The van der Waals surface area contributed by atoms with Gasteiger partial charge in [-0.05, 0) is 96.4 Å². The number of nitrogens with zero attached hydrogens (tertiary/aromatic N) is 2. The smallest absolute Gasteiger partial charge is 0.596 e. The Labute approximate surface area is 344 Å². The number of unbranched alkanes of at least 4 members (excludes halogenated alkanes) is 6. The fourth-order valence-corrected chi connectivity index (χ4v) is 11.2. The zero-order valence-electron chi connectivity index (χ0n) is 32.8. The Hall–Kier alpha value is -2.37. The Balaban J connectivity index is 0.000000243. The van der Waals surface area contributed by atoms with E-state index in [9.17, 15) is 28.8 Å². The summed E-state index contributed by atoms with van der Waals surface area (Å²) in [7, 11) is 3.73. The predicted octanol–water partition coefficient (Wildman–Crippen LogP) is 5.87. The average molecular weight is 920 g/mol. The van der Waals surface area contributed by atoms with Gasteiger partial charge < -0.3 is 37.0 Å². The van der Waals surface area contributed by atoms with Gasteiger partial charge in [0.15, 0.2) is 0 Å². The Morgan fingerprint density at radius 2 is 0.870 bits per heavy atom. The molecule has 18 heteroatoms. The highest BCUT2D eigenvalue weighted by Gasteiger charge is 2.68. The molecule has 2 aromatic rings. The lowest BCUT2D eigenvalue weighted by atomic mass is 9.66. The predicted molar refractivity (Wildman–Crippen MR) is 219 cm³/mol. The maximum Gasteiger partial charge on any atom is 0.624 e. The van der Waals surface area contributed by atoms with E-state index in [1.54, 1.807) is 0 Å². The molecule has 4 aliphatic heterocycles. The number of rotatable bonds is 12. The molecule has 4 saturated heterocycles. The molecule has 12 nitrogen and oxygen atoms in total. The van der Waals surface area contributed by atoms with Crippen LogP contribution in [0.2, 0.25) is 0 Å². The number of aryl methyl sites for hydroxylation is 2. The molecule has 4 fully saturated rings. The summed E-state index contributed by atoms with van der Waals surface area (Å²) in [5, 5.41) is 0. The van der Waals surface area contributed by atoms with Gasteiger partial charge in [0.2, 0.25) is 0 Å². The maximum atomic E-state index is 11.9. The number of hydrogen-bond acceptors (Lipinski definition) is 12. The topological polar surface area (TPSA) is 139 Å². The monoisotopic (exact) mass is 918 g/mol. The van der Waals surface area contributed by atoms with Crippen LogP contribution in [0.3, 0.4) is 0 Å². The van der Waals surface area contributed by atoms with Crippen LogP contribution in [0.1, 0.15) is 104 Å². The van der Waals surface area contributed by atoms with E-state index in [2.05, 4.69) is 45.7 Å². The van der Waals surface area contributed by atoms with Gasteiger partial charge >= 0.3 is 37.3 Å². The van der Waals surface area contributed by atoms with Crippen molar-refractivity contribution in [2.75, 3.05) is 40.3 Å². The Morgan fingerprint density at radius 1 is 0.593 bits per heavy atom. The molecule has 0 radical (unpaired) electrons. The Bertz CT molecular complexity index is 1540. The standard InChI is InChI=1S/2C15H21BBrNO4S.2C3H6O/c2*1-3-4-5-6-7-11-8-12(23-15(11)17)16-18(2,9-13(19)21-16)10-14(20)22-16;2*1-3(2)4/h2*8H,3-7,9-10H2,1-2H3;2*1-2H3. The third-order valence-electron chi connectivity index (χ3n) is 9.64. The first kappa shape index (κ1) is 46.0. The van der Waals surface area contributed by atoms with Crippen molar-refractivity contribution in [1.29, 1.82) is 0 Å². The Kier molecular flexibility index (Phi) is 16.8. The summed E-state index contributed by atoms with van der Waals surface area (Å²) in [6.45, 7) is 7.08. The van der Waals surface area contributed by atoms with Gasteiger partial charge in [-0.15, -0.1) is 0 Å². The number of thiophene rings is 2. The molecular weight excluding hydrogens is 866 g/mol. The number of ketones is 2. The van der Waals surface area contributed by atoms with Crippen LogP contribution in [0.15, 0.2) is 19.7 Å². The van der Waals surface area contributed by atoms with Crippen molar-refractivity contribution in [1.82, 2.24) is 0 Å². The van der Waals surface area contributed by atoms with Gasteiger partial charge in [-0.25, -0.2) is 0 Å². The quantitative estimate of drug-likeness (QED) is 0.188. The van der Waals surface area contributed by atoms with Crippen LogP contribution in [0, 0.1) is 0 Å². The molecule has 0 atom stereocenters. The number of hydrogen-bond donors (Lipinski definition) is 0. The molecule has 0 bridgehead atoms. The second-order valence-electron chi connectivity index (χ2n) is 15.2. The van der Waals surface area contributed by atoms with E-state index in [4.69, 9.17) is 18.6 Å². The van der Waals surface area contributed by atoms with Crippen molar-refractivity contribution < 1.29 is 56.2 Å². The molecule has 6 rings (SSSR count). The third-order valence-corrected chi connectivity index (χ3v) is 13.8. The van der Waals surface area contributed by atoms with Crippen LogP contribution in [-0.2, 0) is 60.2 Å². The minimum Gasteiger partial charge on any atom is -0.596 e. The summed E-state index contributed by atoms with van der Waals surface area (Å²) < 4.78 is 26.5. The van der Waals surface area contributed by atoms with E-state index in [1.165, 1.54) is 100 Å². The molecule has 0 N–H and O–H groups in total. The molecule has 0 amide bonds. The van der Waals surface area contributed by atoms with Crippen LogP contribution in [0.4, 0.5) is 0 Å². The van der Waals surface area contributed by atoms with Crippen molar-refractivity contribution in [2.24, 2.45) is 0 Å². The largest absolute Gasteiger partial charge is 0.624 e. The number of fused-ring (bicyclic) bond motifs is 2.